The van der Waals surface area contributed by atoms with Crippen LogP contribution in [0, 0.1) is 0 Å². The molecule has 0 atom stereocenters. The monoisotopic (exact) mass is 273 g/mol. The van der Waals surface area contributed by atoms with Gasteiger partial charge in [0.25, 0.3) is 0 Å². The molecule has 1 heterocycles. The van der Waals surface area contributed by atoms with Crippen molar-refractivity contribution in [1.82, 2.24) is 9.97 Å². The molecule has 0 aliphatic heterocycles. The Hall–Kier alpha value is -2.30. The molecule has 106 valence electrons. The average Bonchev–Trinajstić information content (AvgIpc) is 2.51. The number of benzene rings is 1. The molecule has 1 aromatic carbocycles. The molecule has 0 radical (unpaired) electrons. The van der Waals surface area contributed by atoms with Crippen LogP contribution in [0.5, 0.6) is 11.6 Å². The van der Waals surface area contributed by atoms with Crippen LogP contribution in [-0.2, 0) is 6.61 Å². The zero-order chi connectivity index (χ0) is 14.2. The molecular formula is C15H19N3O2. The zero-order valence-corrected chi connectivity index (χ0v) is 11.8. The van der Waals surface area contributed by atoms with Gasteiger partial charge in [0.2, 0.25) is 5.88 Å². The van der Waals surface area contributed by atoms with Gasteiger partial charge in [-0.05, 0) is 24.1 Å². The molecule has 0 bridgehead atoms. The van der Waals surface area contributed by atoms with Crippen molar-refractivity contribution in [2.75, 3.05) is 19.0 Å². The lowest BCUT2D eigenvalue weighted by Gasteiger charge is -2.08. The summed E-state index contributed by atoms with van der Waals surface area (Å²) in [6, 6.07) is 7.75. The number of methoxy groups -OCH3 is 1. The van der Waals surface area contributed by atoms with E-state index < -0.39 is 0 Å². The molecule has 5 nitrogen and oxygen atoms in total. The van der Waals surface area contributed by atoms with E-state index in [4.69, 9.17) is 9.47 Å². The van der Waals surface area contributed by atoms with Crippen LogP contribution in [0.3, 0.4) is 0 Å². The van der Waals surface area contributed by atoms with Gasteiger partial charge in [-0.15, -0.1) is 0 Å². The lowest BCUT2D eigenvalue weighted by atomic mass is 10.2. The van der Waals surface area contributed by atoms with Gasteiger partial charge < -0.3 is 14.8 Å². The van der Waals surface area contributed by atoms with E-state index in [1.165, 1.54) is 0 Å². The SMILES string of the molecule is CCCNc1cncc(OCc2cccc(OC)c2)n1. The minimum atomic E-state index is 0.434. The topological polar surface area (TPSA) is 56.3 Å². The summed E-state index contributed by atoms with van der Waals surface area (Å²) in [4.78, 5) is 8.45. The Bertz CT molecular complexity index is 546. The molecule has 2 aromatic rings. The van der Waals surface area contributed by atoms with E-state index in [1.807, 2.05) is 24.3 Å². The third kappa shape index (κ3) is 4.12. The molecule has 0 unspecified atom stereocenters. The molecule has 0 saturated carbocycles. The predicted octanol–water partition coefficient (Wildman–Crippen LogP) is 2.89. The van der Waals surface area contributed by atoms with Gasteiger partial charge in [0.1, 0.15) is 18.2 Å². The van der Waals surface area contributed by atoms with Crippen LogP contribution >= 0.6 is 0 Å². The van der Waals surface area contributed by atoms with E-state index in [0.29, 0.717) is 12.5 Å². The smallest absolute Gasteiger partial charge is 0.234 e. The van der Waals surface area contributed by atoms with Crippen LogP contribution in [0.4, 0.5) is 5.82 Å². The molecule has 20 heavy (non-hydrogen) atoms. The fourth-order valence-corrected chi connectivity index (χ4v) is 1.68. The maximum atomic E-state index is 5.64. The molecule has 2 rings (SSSR count). The lowest BCUT2D eigenvalue weighted by Crippen LogP contribution is -2.04. The fourth-order valence-electron chi connectivity index (χ4n) is 1.68. The number of ether oxygens (including phenoxy) is 2. The van der Waals surface area contributed by atoms with Crippen LogP contribution in [0.2, 0.25) is 0 Å². The van der Waals surface area contributed by atoms with Crippen molar-refractivity contribution in [1.29, 1.82) is 0 Å². The molecule has 0 amide bonds. The summed E-state index contributed by atoms with van der Waals surface area (Å²) in [5.74, 6) is 2.06. The summed E-state index contributed by atoms with van der Waals surface area (Å²) in [5, 5.41) is 3.18. The standard InChI is InChI=1S/C15H19N3O2/c1-3-7-17-14-9-16-10-15(18-14)20-11-12-5-4-6-13(8-12)19-2/h4-6,8-10H,3,7,11H2,1-2H3,(H,17,18). The summed E-state index contributed by atoms with van der Waals surface area (Å²) in [6.45, 7) is 3.40. The van der Waals surface area contributed by atoms with Crippen molar-refractivity contribution in [3.05, 3.63) is 42.2 Å². The molecule has 0 fully saturated rings. The van der Waals surface area contributed by atoms with Gasteiger partial charge in [-0.3, -0.25) is 4.98 Å². The van der Waals surface area contributed by atoms with Crippen LogP contribution in [0.15, 0.2) is 36.7 Å². The fraction of sp³-hybridized carbons (Fsp3) is 0.333. The van der Waals surface area contributed by atoms with Gasteiger partial charge in [0.05, 0.1) is 19.5 Å². The number of anilines is 1. The maximum Gasteiger partial charge on any atom is 0.234 e. The third-order valence-electron chi connectivity index (χ3n) is 2.69. The first-order valence-electron chi connectivity index (χ1n) is 6.63. The molecule has 5 heteroatoms. The number of hydrogen-bond donors (Lipinski definition) is 1. The van der Waals surface area contributed by atoms with E-state index in [2.05, 4.69) is 22.2 Å². The number of aromatic nitrogens is 2. The Morgan fingerprint density at radius 3 is 2.95 bits per heavy atom. The van der Waals surface area contributed by atoms with E-state index in [0.717, 1.165) is 30.1 Å². The quantitative estimate of drug-likeness (QED) is 0.840. The predicted molar refractivity (Wildman–Crippen MR) is 78.1 cm³/mol. The van der Waals surface area contributed by atoms with Gasteiger partial charge in [-0.2, -0.15) is 4.98 Å². The molecule has 0 spiro atoms. The maximum absolute atomic E-state index is 5.64. The highest BCUT2D eigenvalue weighted by atomic mass is 16.5. The molecule has 1 N–H and O–H groups in total. The summed E-state index contributed by atoms with van der Waals surface area (Å²) >= 11 is 0. The van der Waals surface area contributed by atoms with Crippen molar-refractivity contribution < 1.29 is 9.47 Å². The first-order chi connectivity index (χ1) is 9.81. The Morgan fingerprint density at radius 1 is 1.25 bits per heavy atom. The second-order valence-electron chi connectivity index (χ2n) is 4.31. The molecular weight excluding hydrogens is 254 g/mol. The zero-order valence-electron chi connectivity index (χ0n) is 11.8. The lowest BCUT2D eigenvalue weighted by molar-refractivity contribution is 0.292. The number of nitrogens with zero attached hydrogens (tertiary/aromatic N) is 2. The summed E-state index contributed by atoms with van der Waals surface area (Å²) in [5.41, 5.74) is 1.03. The van der Waals surface area contributed by atoms with Gasteiger partial charge in [0.15, 0.2) is 0 Å². The summed E-state index contributed by atoms with van der Waals surface area (Å²) in [6.07, 6.45) is 4.34. The average molecular weight is 273 g/mol. The van der Waals surface area contributed by atoms with Crippen LogP contribution < -0.4 is 14.8 Å². The van der Waals surface area contributed by atoms with Crippen LogP contribution in [-0.4, -0.2) is 23.6 Å². The highest BCUT2D eigenvalue weighted by Crippen LogP contribution is 2.15. The second-order valence-corrected chi connectivity index (χ2v) is 4.31. The number of rotatable bonds is 7. The van der Waals surface area contributed by atoms with Gasteiger partial charge in [-0.25, -0.2) is 0 Å². The summed E-state index contributed by atoms with van der Waals surface area (Å²) < 4.78 is 10.8. The van der Waals surface area contributed by atoms with Crippen LogP contribution in [0.1, 0.15) is 18.9 Å². The number of nitrogens with one attached hydrogen (secondary N) is 1. The van der Waals surface area contributed by atoms with Crippen molar-refractivity contribution in [3.8, 4) is 11.6 Å². The van der Waals surface area contributed by atoms with Crippen molar-refractivity contribution in [2.45, 2.75) is 20.0 Å². The van der Waals surface area contributed by atoms with Crippen molar-refractivity contribution in [2.24, 2.45) is 0 Å². The van der Waals surface area contributed by atoms with E-state index in [9.17, 15) is 0 Å². The largest absolute Gasteiger partial charge is 0.497 e. The van der Waals surface area contributed by atoms with Gasteiger partial charge >= 0.3 is 0 Å². The van der Waals surface area contributed by atoms with Gasteiger partial charge in [0, 0.05) is 6.54 Å². The first kappa shape index (κ1) is 14.1. The molecule has 0 aliphatic carbocycles. The second kappa shape index (κ2) is 7.33. The first-order valence-corrected chi connectivity index (χ1v) is 6.63. The van der Waals surface area contributed by atoms with Crippen molar-refractivity contribution >= 4 is 5.82 Å². The van der Waals surface area contributed by atoms with E-state index in [-0.39, 0.29) is 0 Å². The van der Waals surface area contributed by atoms with Gasteiger partial charge in [-0.1, -0.05) is 19.1 Å². The molecule has 0 aliphatic rings. The highest BCUT2D eigenvalue weighted by molar-refractivity contribution is 5.33. The number of hydrogen-bond acceptors (Lipinski definition) is 5. The third-order valence-corrected chi connectivity index (χ3v) is 2.69. The Morgan fingerprint density at radius 2 is 2.15 bits per heavy atom. The Labute approximate surface area is 119 Å². The van der Waals surface area contributed by atoms with Crippen LogP contribution in [0.25, 0.3) is 0 Å². The van der Waals surface area contributed by atoms with E-state index in [1.54, 1.807) is 19.5 Å². The Balaban J connectivity index is 1.95. The highest BCUT2D eigenvalue weighted by Gasteiger charge is 2.01. The molecule has 1 aromatic heterocycles. The minimum absolute atomic E-state index is 0.434. The molecule has 0 saturated heterocycles. The normalized spacial score (nSPS) is 10.1. The summed E-state index contributed by atoms with van der Waals surface area (Å²) in [7, 11) is 1.65. The Kier molecular flexibility index (Phi) is 5.17. The van der Waals surface area contributed by atoms with E-state index >= 15 is 0 Å². The minimum Gasteiger partial charge on any atom is -0.497 e. The van der Waals surface area contributed by atoms with Crippen molar-refractivity contribution in [3.63, 3.8) is 0 Å².